The molecule has 2 N–H and O–H groups in total. The van der Waals surface area contributed by atoms with Crippen molar-refractivity contribution in [3.05, 3.63) is 5.01 Å². The van der Waals surface area contributed by atoms with Crippen LogP contribution in [0.1, 0.15) is 17.8 Å². The highest BCUT2D eigenvalue weighted by Gasteiger charge is 2.36. The van der Waals surface area contributed by atoms with Crippen LogP contribution >= 0.6 is 11.3 Å². The molecule has 1 aromatic heterocycles. The molecule has 0 aliphatic carbocycles. The number of carbonyl (C=O) groups is 1. The zero-order valence-corrected chi connectivity index (χ0v) is 10.1. The second-order valence-corrected chi connectivity index (χ2v) is 4.90. The molecule has 0 saturated carbocycles. The number of nitrogens with one attached hydrogen (secondary N) is 2. The lowest BCUT2D eigenvalue weighted by Crippen LogP contribution is -2.34. The average molecular weight is 280 g/mol. The van der Waals surface area contributed by atoms with Gasteiger partial charge in [0, 0.05) is 5.92 Å². The van der Waals surface area contributed by atoms with Crippen molar-refractivity contribution in [1.82, 2.24) is 15.5 Å². The van der Waals surface area contributed by atoms with Crippen LogP contribution in [-0.2, 0) is 11.0 Å². The number of amides is 1. The monoisotopic (exact) mass is 280 g/mol. The van der Waals surface area contributed by atoms with Crippen molar-refractivity contribution in [1.29, 1.82) is 0 Å². The summed E-state index contributed by atoms with van der Waals surface area (Å²) < 4.78 is 36.8. The molecule has 0 radical (unpaired) electrons. The molecule has 1 amide bonds. The predicted octanol–water partition coefficient (Wildman–Crippen LogP) is 1.50. The fraction of sp³-hybridized carbons (Fsp3) is 0.667. The third-order valence-electron chi connectivity index (χ3n) is 2.61. The van der Waals surface area contributed by atoms with Crippen LogP contribution in [0.3, 0.4) is 0 Å². The molecular weight excluding hydrogens is 269 g/mol. The molecule has 0 unspecified atom stereocenters. The van der Waals surface area contributed by atoms with E-state index < -0.39 is 11.2 Å². The number of halogens is 3. The first-order valence-electron chi connectivity index (χ1n) is 5.39. The molecule has 5 nitrogen and oxygen atoms in total. The van der Waals surface area contributed by atoms with E-state index in [0.29, 0.717) is 24.2 Å². The number of carbonyl (C=O) groups excluding carboxylic acids is 1. The minimum absolute atomic E-state index is 0.106. The Labute approximate surface area is 105 Å². The van der Waals surface area contributed by atoms with Crippen molar-refractivity contribution >= 4 is 22.4 Å². The molecule has 1 fully saturated rings. The maximum absolute atomic E-state index is 12.3. The Hall–Kier alpha value is -1.22. The molecule has 0 spiro atoms. The van der Waals surface area contributed by atoms with E-state index in [1.165, 1.54) is 0 Å². The zero-order valence-electron chi connectivity index (χ0n) is 9.25. The fourth-order valence-corrected chi connectivity index (χ4v) is 2.29. The molecule has 9 heteroatoms. The highest BCUT2D eigenvalue weighted by Crippen LogP contribution is 2.33. The van der Waals surface area contributed by atoms with E-state index in [0.717, 1.165) is 13.1 Å². The van der Waals surface area contributed by atoms with Gasteiger partial charge in [0.05, 0.1) is 0 Å². The molecule has 100 valence electrons. The van der Waals surface area contributed by atoms with E-state index in [9.17, 15) is 18.0 Å². The first-order chi connectivity index (χ1) is 8.47. The highest BCUT2D eigenvalue weighted by molar-refractivity contribution is 7.15. The van der Waals surface area contributed by atoms with Crippen LogP contribution in [0.5, 0.6) is 0 Å². The Morgan fingerprint density at radius 1 is 1.33 bits per heavy atom. The number of anilines is 1. The molecule has 0 bridgehead atoms. The Balaban J connectivity index is 1.96. The van der Waals surface area contributed by atoms with Gasteiger partial charge in [-0.2, -0.15) is 13.2 Å². The van der Waals surface area contributed by atoms with E-state index in [1.807, 2.05) is 0 Å². The van der Waals surface area contributed by atoms with Gasteiger partial charge in [-0.05, 0) is 25.9 Å². The number of hydrogen-bond donors (Lipinski definition) is 2. The molecule has 1 saturated heterocycles. The van der Waals surface area contributed by atoms with E-state index in [-0.39, 0.29) is 17.0 Å². The first kappa shape index (κ1) is 13.2. The lowest BCUT2D eigenvalue weighted by molar-refractivity contribution is -0.138. The van der Waals surface area contributed by atoms with Crippen LogP contribution in [0.15, 0.2) is 0 Å². The quantitative estimate of drug-likeness (QED) is 0.861. The van der Waals surface area contributed by atoms with Crippen LogP contribution in [0.2, 0.25) is 0 Å². The van der Waals surface area contributed by atoms with Crippen LogP contribution in [0.25, 0.3) is 0 Å². The van der Waals surface area contributed by atoms with Gasteiger partial charge in [-0.1, -0.05) is 11.3 Å². The number of alkyl halides is 3. The van der Waals surface area contributed by atoms with Crippen LogP contribution in [0.4, 0.5) is 18.3 Å². The van der Waals surface area contributed by atoms with Gasteiger partial charge in [-0.3, -0.25) is 4.79 Å². The lowest BCUT2D eigenvalue weighted by Gasteiger charge is -2.20. The Morgan fingerprint density at radius 2 is 2.00 bits per heavy atom. The summed E-state index contributed by atoms with van der Waals surface area (Å²) in [5.41, 5.74) is 0. The minimum Gasteiger partial charge on any atom is -0.317 e. The van der Waals surface area contributed by atoms with Crippen molar-refractivity contribution in [3.63, 3.8) is 0 Å². The molecule has 1 aliphatic rings. The van der Waals surface area contributed by atoms with Gasteiger partial charge in [0.1, 0.15) is 0 Å². The third kappa shape index (κ3) is 3.16. The summed E-state index contributed by atoms with van der Waals surface area (Å²) >= 11 is 0.337. The van der Waals surface area contributed by atoms with E-state index in [2.05, 4.69) is 20.8 Å². The number of aromatic nitrogens is 2. The smallest absolute Gasteiger partial charge is 0.317 e. The molecular formula is C9H11F3N4OS. The lowest BCUT2D eigenvalue weighted by atomic mass is 9.97. The van der Waals surface area contributed by atoms with Gasteiger partial charge >= 0.3 is 6.18 Å². The number of piperidine rings is 1. The number of hydrogen-bond acceptors (Lipinski definition) is 5. The Kier molecular flexibility index (Phi) is 3.81. The van der Waals surface area contributed by atoms with Gasteiger partial charge < -0.3 is 10.6 Å². The molecule has 18 heavy (non-hydrogen) atoms. The van der Waals surface area contributed by atoms with Crippen molar-refractivity contribution < 1.29 is 18.0 Å². The topological polar surface area (TPSA) is 66.9 Å². The fourth-order valence-electron chi connectivity index (χ4n) is 1.68. The normalized spacial score (nSPS) is 17.7. The van der Waals surface area contributed by atoms with Gasteiger partial charge in [0.15, 0.2) is 0 Å². The van der Waals surface area contributed by atoms with Crippen LogP contribution < -0.4 is 10.6 Å². The summed E-state index contributed by atoms with van der Waals surface area (Å²) in [6.45, 7) is 1.48. The average Bonchev–Trinajstić information content (AvgIpc) is 2.78. The summed E-state index contributed by atoms with van der Waals surface area (Å²) in [5, 5.41) is 10.6. The number of nitrogens with zero attached hydrogens (tertiary/aromatic N) is 2. The molecule has 2 heterocycles. The van der Waals surface area contributed by atoms with Crippen LogP contribution in [0, 0.1) is 5.92 Å². The van der Waals surface area contributed by atoms with Gasteiger partial charge in [-0.15, -0.1) is 10.2 Å². The molecule has 1 aliphatic heterocycles. The van der Waals surface area contributed by atoms with E-state index in [1.54, 1.807) is 0 Å². The maximum Gasteiger partial charge on any atom is 0.445 e. The third-order valence-corrected chi connectivity index (χ3v) is 3.49. The standard InChI is InChI=1S/C9H11F3N4OS/c10-9(11,12)7-15-16-8(18-7)14-6(17)5-1-3-13-4-2-5/h5,13H,1-4H2,(H,14,16,17). The zero-order chi connectivity index (χ0) is 13.2. The van der Waals surface area contributed by atoms with Crippen molar-refractivity contribution in [2.24, 2.45) is 5.92 Å². The predicted molar refractivity (Wildman–Crippen MR) is 59.1 cm³/mol. The summed E-state index contributed by atoms with van der Waals surface area (Å²) in [7, 11) is 0. The Bertz CT molecular complexity index is 428. The second-order valence-electron chi connectivity index (χ2n) is 3.92. The molecule has 1 aromatic rings. The minimum atomic E-state index is -4.52. The Morgan fingerprint density at radius 3 is 2.56 bits per heavy atom. The first-order valence-corrected chi connectivity index (χ1v) is 6.21. The SMILES string of the molecule is O=C(Nc1nnc(C(F)(F)F)s1)C1CCNCC1. The summed E-state index contributed by atoms with van der Waals surface area (Å²) in [4.78, 5) is 11.7. The van der Waals surface area contributed by atoms with Crippen molar-refractivity contribution in [2.75, 3.05) is 18.4 Å². The molecule has 0 atom stereocenters. The van der Waals surface area contributed by atoms with E-state index in [4.69, 9.17) is 0 Å². The van der Waals surface area contributed by atoms with Crippen molar-refractivity contribution in [3.8, 4) is 0 Å². The van der Waals surface area contributed by atoms with E-state index >= 15 is 0 Å². The van der Waals surface area contributed by atoms with Gasteiger partial charge in [-0.25, -0.2) is 0 Å². The summed E-state index contributed by atoms with van der Waals surface area (Å²) in [6, 6.07) is 0. The summed E-state index contributed by atoms with van der Waals surface area (Å²) in [5.74, 6) is -0.467. The number of rotatable bonds is 2. The second kappa shape index (κ2) is 5.19. The largest absolute Gasteiger partial charge is 0.445 e. The van der Waals surface area contributed by atoms with Gasteiger partial charge in [0.2, 0.25) is 16.0 Å². The molecule has 2 rings (SSSR count). The van der Waals surface area contributed by atoms with Crippen molar-refractivity contribution in [2.45, 2.75) is 19.0 Å². The molecule has 0 aromatic carbocycles. The van der Waals surface area contributed by atoms with Gasteiger partial charge in [0.25, 0.3) is 0 Å². The summed E-state index contributed by atoms with van der Waals surface area (Å²) in [6.07, 6.45) is -3.16. The van der Waals surface area contributed by atoms with Crippen LogP contribution in [-0.4, -0.2) is 29.2 Å². The maximum atomic E-state index is 12.3. The highest BCUT2D eigenvalue weighted by atomic mass is 32.1.